The standard InChI is InChI=1S/C19H15ClN2O4/c1-11-5-6-22(18(23)7-11)17-9-13(15(10-21-17)19(24)25)14-8-12(20)3-4-16(14)26-2/h3-10H,1-2H3,(H,24,25). The smallest absolute Gasteiger partial charge is 0.337 e. The minimum Gasteiger partial charge on any atom is -0.496 e. The molecule has 1 N–H and O–H groups in total. The largest absolute Gasteiger partial charge is 0.496 e. The Morgan fingerprint density at radius 2 is 1.96 bits per heavy atom. The number of carbonyl (C=O) groups is 1. The van der Waals surface area contributed by atoms with Crippen LogP contribution in [0, 0.1) is 6.92 Å². The third-order valence-corrected chi connectivity index (χ3v) is 4.13. The zero-order valence-corrected chi connectivity index (χ0v) is 14.8. The van der Waals surface area contributed by atoms with Gasteiger partial charge in [0, 0.05) is 34.6 Å². The molecule has 0 amide bonds. The predicted molar refractivity (Wildman–Crippen MR) is 98.5 cm³/mol. The van der Waals surface area contributed by atoms with E-state index in [4.69, 9.17) is 16.3 Å². The zero-order chi connectivity index (χ0) is 18.8. The molecule has 0 unspecified atom stereocenters. The van der Waals surface area contributed by atoms with Gasteiger partial charge in [0.2, 0.25) is 0 Å². The van der Waals surface area contributed by atoms with Crippen LogP contribution in [0.1, 0.15) is 15.9 Å². The maximum atomic E-state index is 12.2. The second kappa shape index (κ2) is 7.01. The molecule has 0 radical (unpaired) electrons. The van der Waals surface area contributed by atoms with Crippen LogP contribution in [0.15, 0.2) is 53.6 Å². The molecular weight excluding hydrogens is 356 g/mol. The van der Waals surface area contributed by atoms with Crippen LogP contribution < -0.4 is 10.3 Å². The average molecular weight is 371 g/mol. The Labute approximate surface area is 154 Å². The van der Waals surface area contributed by atoms with Gasteiger partial charge < -0.3 is 9.84 Å². The van der Waals surface area contributed by atoms with E-state index in [2.05, 4.69) is 4.98 Å². The third-order valence-electron chi connectivity index (χ3n) is 3.89. The van der Waals surface area contributed by atoms with Gasteiger partial charge in [-0.25, -0.2) is 9.78 Å². The van der Waals surface area contributed by atoms with Gasteiger partial charge in [0.05, 0.1) is 12.7 Å². The van der Waals surface area contributed by atoms with Crippen molar-refractivity contribution in [3.8, 4) is 22.7 Å². The number of nitrogens with zero attached hydrogens (tertiary/aromatic N) is 2. The van der Waals surface area contributed by atoms with Crippen molar-refractivity contribution in [1.29, 1.82) is 0 Å². The molecule has 0 aliphatic carbocycles. The number of pyridine rings is 2. The number of halogens is 1. The van der Waals surface area contributed by atoms with E-state index in [1.54, 1.807) is 30.5 Å². The highest BCUT2D eigenvalue weighted by Crippen LogP contribution is 2.35. The van der Waals surface area contributed by atoms with Gasteiger partial charge in [-0.1, -0.05) is 11.6 Å². The number of aromatic carboxylic acids is 1. The van der Waals surface area contributed by atoms with Crippen LogP contribution in [0.25, 0.3) is 16.9 Å². The van der Waals surface area contributed by atoms with E-state index in [-0.39, 0.29) is 11.1 Å². The summed E-state index contributed by atoms with van der Waals surface area (Å²) in [6.45, 7) is 1.81. The normalized spacial score (nSPS) is 10.6. The number of aryl methyl sites for hydroxylation is 1. The summed E-state index contributed by atoms with van der Waals surface area (Å²) in [6.07, 6.45) is 2.82. The van der Waals surface area contributed by atoms with Gasteiger partial charge in [0.25, 0.3) is 5.56 Å². The molecule has 0 bridgehead atoms. The Bertz CT molecular complexity index is 1060. The number of carboxylic acids is 1. The molecule has 6 nitrogen and oxygen atoms in total. The van der Waals surface area contributed by atoms with Crippen LogP contribution in [0.5, 0.6) is 5.75 Å². The fraction of sp³-hybridized carbons (Fsp3) is 0.105. The molecule has 2 heterocycles. The number of benzene rings is 1. The van der Waals surface area contributed by atoms with Gasteiger partial charge in [-0.05, 0) is 42.8 Å². The van der Waals surface area contributed by atoms with E-state index in [1.165, 1.54) is 30.0 Å². The van der Waals surface area contributed by atoms with Gasteiger partial charge in [0.15, 0.2) is 0 Å². The molecule has 0 saturated heterocycles. The summed E-state index contributed by atoms with van der Waals surface area (Å²) < 4.78 is 6.68. The number of aromatic nitrogens is 2. The summed E-state index contributed by atoms with van der Waals surface area (Å²) in [5.74, 6) is -0.375. The van der Waals surface area contributed by atoms with Crippen molar-refractivity contribution in [2.45, 2.75) is 6.92 Å². The second-order valence-electron chi connectivity index (χ2n) is 5.65. The third kappa shape index (κ3) is 3.32. The summed E-state index contributed by atoms with van der Waals surface area (Å²) in [5, 5.41) is 9.96. The van der Waals surface area contributed by atoms with Gasteiger partial charge in [-0.3, -0.25) is 9.36 Å². The Hall–Kier alpha value is -3.12. The summed E-state index contributed by atoms with van der Waals surface area (Å²) >= 11 is 6.08. The lowest BCUT2D eigenvalue weighted by atomic mass is 10.0. The van der Waals surface area contributed by atoms with Gasteiger partial charge in [0.1, 0.15) is 11.6 Å². The van der Waals surface area contributed by atoms with Gasteiger partial charge >= 0.3 is 5.97 Å². The topological polar surface area (TPSA) is 81.4 Å². The van der Waals surface area contributed by atoms with Crippen molar-refractivity contribution in [1.82, 2.24) is 9.55 Å². The van der Waals surface area contributed by atoms with E-state index >= 15 is 0 Å². The SMILES string of the molecule is COc1ccc(Cl)cc1-c1cc(-n2ccc(C)cc2=O)ncc1C(=O)O. The van der Waals surface area contributed by atoms with Crippen molar-refractivity contribution in [3.05, 3.63) is 75.3 Å². The molecule has 3 aromatic rings. The summed E-state index contributed by atoms with van der Waals surface area (Å²) in [5.41, 5.74) is 1.40. The lowest BCUT2D eigenvalue weighted by Crippen LogP contribution is -2.18. The number of hydrogen-bond acceptors (Lipinski definition) is 4. The first-order valence-corrected chi connectivity index (χ1v) is 8.05. The maximum absolute atomic E-state index is 12.2. The fourth-order valence-electron chi connectivity index (χ4n) is 2.63. The van der Waals surface area contributed by atoms with Crippen LogP contribution in [0.2, 0.25) is 5.02 Å². The minimum absolute atomic E-state index is 0.0190. The van der Waals surface area contributed by atoms with E-state index in [9.17, 15) is 14.7 Å². The number of rotatable bonds is 4. The summed E-state index contributed by atoms with van der Waals surface area (Å²) in [6, 6.07) is 9.71. The molecule has 7 heteroatoms. The highest BCUT2D eigenvalue weighted by Gasteiger charge is 2.18. The van der Waals surface area contributed by atoms with E-state index < -0.39 is 5.97 Å². The first-order valence-electron chi connectivity index (χ1n) is 7.67. The molecule has 26 heavy (non-hydrogen) atoms. The Morgan fingerprint density at radius 3 is 2.62 bits per heavy atom. The van der Waals surface area contributed by atoms with Crippen LogP contribution in [0.4, 0.5) is 0 Å². The zero-order valence-electron chi connectivity index (χ0n) is 14.1. The Kier molecular flexibility index (Phi) is 4.77. The van der Waals surface area contributed by atoms with Crippen molar-refractivity contribution in [3.63, 3.8) is 0 Å². The van der Waals surface area contributed by atoms with Gasteiger partial charge in [-0.2, -0.15) is 0 Å². The molecule has 0 aliphatic rings. The molecule has 2 aromatic heterocycles. The van der Waals surface area contributed by atoms with Gasteiger partial charge in [-0.15, -0.1) is 0 Å². The van der Waals surface area contributed by atoms with Crippen molar-refractivity contribution < 1.29 is 14.6 Å². The number of methoxy groups -OCH3 is 1. The first kappa shape index (κ1) is 17.7. The maximum Gasteiger partial charge on any atom is 0.337 e. The first-order chi connectivity index (χ1) is 12.4. The second-order valence-corrected chi connectivity index (χ2v) is 6.09. The molecule has 0 fully saturated rings. The number of carboxylic acid groups (broad SMARTS) is 1. The number of ether oxygens (including phenoxy) is 1. The summed E-state index contributed by atoms with van der Waals surface area (Å²) in [7, 11) is 1.49. The van der Waals surface area contributed by atoms with Crippen molar-refractivity contribution in [2.24, 2.45) is 0 Å². The molecular formula is C19H15ClN2O4. The van der Waals surface area contributed by atoms with Crippen LogP contribution >= 0.6 is 11.6 Å². The Balaban J connectivity index is 2.28. The molecule has 132 valence electrons. The monoisotopic (exact) mass is 370 g/mol. The van der Waals surface area contributed by atoms with E-state index in [0.717, 1.165) is 5.56 Å². The lowest BCUT2D eigenvalue weighted by Gasteiger charge is -2.13. The van der Waals surface area contributed by atoms with Crippen LogP contribution in [-0.2, 0) is 0 Å². The highest BCUT2D eigenvalue weighted by molar-refractivity contribution is 6.31. The molecule has 0 spiro atoms. The van der Waals surface area contributed by atoms with E-state index in [1.807, 2.05) is 6.92 Å². The van der Waals surface area contributed by atoms with Crippen molar-refractivity contribution in [2.75, 3.05) is 7.11 Å². The highest BCUT2D eigenvalue weighted by atomic mass is 35.5. The average Bonchev–Trinajstić information content (AvgIpc) is 2.61. The lowest BCUT2D eigenvalue weighted by molar-refractivity contribution is 0.0697. The predicted octanol–water partition coefficient (Wildman–Crippen LogP) is 3.57. The summed E-state index contributed by atoms with van der Waals surface area (Å²) in [4.78, 5) is 28.0. The Morgan fingerprint density at radius 1 is 1.19 bits per heavy atom. The van der Waals surface area contributed by atoms with Crippen LogP contribution in [-0.4, -0.2) is 27.7 Å². The van der Waals surface area contributed by atoms with E-state index in [0.29, 0.717) is 27.7 Å². The van der Waals surface area contributed by atoms with Crippen molar-refractivity contribution >= 4 is 17.6 Å². The quantitative estimate of drug-likeness (QED) is 0.759. The minimum atomic E-state index is -1.14. The van der Waals surface area contributed by atoms with Crippen LogP contribution in [0.3, 0.4) is 0 Å². The molecule has 0 atom stereocenters. The molecule has 3 rings (SSSR count). The fourth-order valence-corrected chi connectivity index (χ4v) is 2.80. The molecule has 0 aliphatic heterocycles. The molecule has 1 aromatic carbocycles. The molecule has 0 saturated carbocycles. The number of hydrogen-bond donors (Lipinski definition) is 1.